The van der Waals surface area contributed by atoms with Crippen LogP contribution in [0, 0.1) is 13.8 Å². The minimum absolute atomic E-state index is 0.0336. The maximum atomic E-state index is 11.4. The van der Waals surface area contributed by atoms with Crippen LogP contribution < -0.4 is 5.32 Å². The Kier molecular flexibility index (Phi) is 4.64. The maximum absolute atomic E-state index is 11.4. The van der Waals surface area contributed by atoms with Gasteiger partial charge >= 0.3 is 5.97 Å². The summed E-state index contributed by atoms with van der Waals surface area (Å²) in [6.45, 7) is 4.93. The van der Waals surface area contributed by atoms with Gasteiger partial charge in [-0.25, -0.2) is 9.48 Å². The number of carbonyl (C=O) groups excluding carboxylic acids is 1. The lowest BCUT2D eigenvalue weighted by Gasteiger charge is -2.09. The van der Waals surface area contributed by atoms with E-state index in [4.69, 9.17) is 5.11 Å². The van der Waals surface area contributed by atoms with Gasteiger partial charge in [0.15, 0.2) is 0 Å². The van der Waals surface area contributed by atoms with Crippen molar-refractivity contribution in [2.75, 3.05) is 19.0 Å². The number of aliphatic hydroxyl groups excluding tert-OH is 1. The van der Waals surface area contributed by atoms with E-state index >= 15 is 0 Å². The third-order valence-electron chi connectivity index (χ3n) is 3.35. The molecular formula is C14H20N4O3. The minimum Gasteiger partial charge on any atom is -0.464 e. The number of aromatic nitrogens is 3. The maximum Gasteiger partial charge on any atom is 0.354 e. The van der Waals surface area contributed by atoms with Crippen molar-refractivity contribution >= 4 is 11.8 Å². The molecule has 0 atom stereocenters. The van der Waals surface area contributed by atoms with E-state index in [1.165, 1.54) is 7.11 Å². The molecule has 2 aromatic rings. The summed E-state index contributed by atoms with van der Waals surface area (Å²) in [5.41, 5.74) is 3.33. The molecule has 0 aliphatic heterocycles. The fourth-order valence-electron chi connectivity index (χ4n) is 2.11. The fraction of sp³-hybridized carbons (Fsp3) is 0.429. The number of methoxy groups -OCH3 is 1. The van der Waals surface area contributed by atoms with Crippen LogP contribution in [0.3, 0.4) is 0 Å². The van der Waals surface area contributed by atoms with Crippen molar-refractivity contribution in [2.24, 2.45) is 0 Å². The minimum atomic E-state index is -0.390. The largest absolute Gasteiger partial charge is 0.464 e. The summed E-state index contributed by atoms with van der Waals surface area (Å²) in [6, 6.07) is 1.74. The lowest BCUT2D eigenvalue weighted by molar-refractivity contribution is 0.0595. The van der Waals surface area contributed by atoms with Gasteiger partial charge in [0.2, 0.25) is 0 Å². The Balaban J connectivity index is 2.09. The summed E-state index contributed by atoms with van der Waals surface area (Å²) in [4.78, 5) is 14.3. The smallest absolute Gasteiger partial charge is 0.354 e. The van der Waals surface area contributed by atoms with Gasteiger partial charge in [0.1, 0.15) is 11.5 Å². The molecular weight excluding hydrogens is 272 g/mol. The van der Waals surface area contributed by atoms with Gasteiger partial charge in [-0.2, -0.15) is 5.10 Å². The quantitative estimate of drug-likeness (QED) is 0.696. The Morgan fingerprint density at radius 3 is 2.95 bits per heavy atom. The number of nitrogens with one attached hydrogen (secondary N) is 2. The number of H-pyrrole nitrogens is 1. The van der Waals surface area contributed by atoms with Gasteiger partial charge < -0.3 is 20.1 Å². The topological polar surface area (TPSA) is 92.2 Å². The lowest BCUT2D eigenvalue weighted by Crippen LogP contribution is -2.10. The van der Waals surface area contributed by atoms with E-state index in [0.717, 1.165) is 22.6 Å². The number of esters is 1. The van der Waals surface area contributed by atoms with Crippen LogP contribution in [-0.4, -0.2) is 39.6 Å². The number of anilines is 1. The number of aliphatic hydroxyl groups is 1. The predicted molar refractivity (Wildman–Crippen MR) is 78.2 cm³/mol. The van der Waals surface area contributed by atoms with Crippen molar-refractivity contribution in [1.82, 2.24) is 14.8 Å². The van der Waals surface area contributed by atoms with Crippen LogP contribution >= 0.6 is 0 Å². The molecule has 7 nitrogen and oxygen atoms in total. The average molecular weight is 292 g/mol. The second-order valence-electron chi connectivity index (χ2n) is 4.77. The Morgan fingerprint density at radius 2 is 2.29 bits per heavy atom. The normalized spacial score (nSPS) is 10.7. The summed E-state index contributed by atoms with van der Waals surface area (Å²) >= 11 is 0. The van der Waals surface area contributed by atoms with Crippen molar-refractivity contribution in [3.8, 4) is 0 Å². The zero-order valence-electron chi connectivity index (χ0n) is 12.4. The molecule has 0 aromatic carbocycles. The highest BCUT2D eigenvalue weighted by molar-refractivity contribution is 5.87. The number of nitrogens with zero attached hydrogens (tertiary/aromatic N) is 2. The molecule has 114 valence electrons. The van der Waals surface area contributed by atoms with E-state index in [0.29, 0.717) is 18.8 Å². The number of hydrogen-bond donors (Lipinski definition) is 3. The van der Waals surface area contributed by atoms with Crippen LogP contribution in [0.4, 0.5) is 5.82 Å². The molecule has 0 bridgehead atoms. The number of carbonyl (C=O) groups is 1. The van der Waals surface area contributed by atoms with Gasteiger partial charge in [-0.3, -0.25) is 0 Å². The molecule has 0 unspecified atom stereocenters. The number of rotatable bonds is 6. The van der Waals surface area contributed by atoms with Crippen LogP contribution in [0.25, 0.3) is 0 Å². The van der Waals surface area contributed by atoms with E-state index in [9.17, 15) is 4.79 Å². The molecule has 2 heterocycles. The second-order valence-corrected chi connectivity index (χ2v) is 4.77. The van der Waals surface area contributed by atoms with E-state index in [1.54, 1.807) is 16.9 Å². The summed E-state index contributed by atoms with van der Waals surface area (Å²) in [5, 5.41) is 16.7. The molecule has 3 N–H and O–H groups in total. The summed E-state index contributed by atoms with van der Waals surface area (Å²) in [7, 11) is 1.35. The highest BCUT2D eigenvalue weighted by Crippen LogP contribution is 2.19. The van der Waals surface area contributed by atoms with Crippen molar-refractivity contribution in [3.63, 3.8) is 0 Å². The molecule has 0 aliphatic rings. The van der Waals surface area contributed by atoms with Crippen molar-refractivity contribution in [2.45, 2.75) is 26.9 Å². The fourth-order valence-corrected chi connectivity index (χ4v) is 2.11. The Bertz CT molecular complexity index is 630. The number of ether oxygens (including phenoxy) is 1. The van der Waals surface area contributed by atoms with Crippen molar-refractivity contribution in [1.29, 1.82) is 0 Å². The molecule has 0 aliphatic carbocycles. The molecule has 21 heavy (non-hydrogen) atoms. The average Bonchev–Trinajstić information content (AvgIpc) is 3.04. The van der Waals surface area contributed by atoms with E-state index in [1.807, 2.05) is 13.8 Å². The molecule has 7 heteroatoms. The molecule has 0 saturated heterocycles. The number of aryl methyl sites for hydroxylation is 1. The lowest BCUT2D eigenvalue weighted by atomic mass is 10.2. The Hall–Kier alpha value is -2.28. The van der Waals surface area contributed by atoms with Gasteiger partial charge in [-0.15, -0.1) is 0 Å². The SMILES string of the molecule is COC(=O)c1cc(CNc2c(C)c(C)nn2CCO)c[nH]1. The van der Waals surface area contributed by atoms with Gasteiger partial charge in [0.25, 0.3) is 0 Å². The molecule has 0 amide bonds. The predicted octanol–water partition coefficient (Wildman–Crippen LogP) is 1.22. The van der Waals surface area contributed by atoms with Crippen LogP contribution in [0.15, 0.2) is 12.3 Å². The highest BCUT2D eigenvalue weighted by Gasteiger charge is 2.12. The van der Waals surface area contributed by atoms with Crippen molar-refractivity contribution < 1.29 is 14.6 Å². The molecule has 2 rings (SSSR count). The van der Waals surface area contributed by atoms with Crippen LogP contribution in [0.1, 0.15) is 27.3 Å². The third kappa shape index (κ3) is 3.25. The Labute approximate surface area is 122 Å². The van der Waals surface area contributed by atoms with E-state index < -0.39 is 5.97 Å². The first kappa shape index (κ1) is 15.1. The standard InChI is InChI=1S/C14H20N4O3/c1-9-10(2)17-18(4-5-19)13(9)16-8-11-6-12(15-7-11)14(20)21-3/h6-7,15-16,19H,4-5,8H2,1-3H3. The van der Waals surface area contributed by atoms with E-state index in [-0.39, 0.29) is 6.61 Å². The second kappa shape index (κ2) is 6.45. The van der Waals surface area contributed by atoms with Crippen molar-refractivity contribution in [3.05, 3.63) is 34.8 Å². The van der Waals surface area contributed by atoms with Crippen LogP contribution in [0.2, 0.25) is 0 Å². The molecule has 0 spiro atoms. The van der Waals surface area contributed by atoms with Gasteiger partial charge in [0, 0.05) is 18.3 Å². The summed E-state index contributed by atoms with van der Waals surface area (Å²) < 4.78 is 6.40. The van der Waals surface area contributed by atoms with Crippen LogP contribution in [0.5, 0.6) is 0 Å². The van der Waals surface area contributed by atoms with Gasteiger partial charge in [-0.1, -0.05) is 0 Å². The zero-order valence-corrected chi connectivity index (χ0v) is 12.4. The first-order valence-corrected chi connectivity index (χ1v) is 6.71. The van der Waals surface area contributed by atoms with E-state index in [2.05, 4.69) is 20.1 Å². The molecule has 0 saturated carbocycles. The first-order valence-electron chi connectivity index (χ1n) is 6.71. The zero-order chi connectivity index (χ0) is 15.4. The summed E-state index contributed by atoms with van der Waals surface area (Å²) in [6.07, 6.45) is 1.76. The molecule has 0 fully saturated rings. The highest BCUT2D eigenvalue weighted by atomic mass is 16.5. The molecule has 0 radical (unpaired) electrons. The van der Waals surface area contributed by atoms with Gasteiger partial charge in [0.05, 0.1) is 26.0 Å². The van der Waals surface area contributed by atoms with Gasteiger partial charge in [-0.05, 0) is 25.5 Å². The number of hydrogen-bond acceptors (Lipinski definition) is 5. The third-order valence-corrected chi connectivity index (χ3v) is 3.35. The summed E-state index contributed by atoms with van der Waals surface area (Å²) in [5.74, 6) is 0.487. The Morgan fingerprint density at radius 1 is 1.52 bits per heavy atom. The van der Waals surface area contributed by atoms with Crippen LogP contribution in [-0.2, 0) is 17.8 Å². The monoisotopic (exact) mass is 292 g/mol. The molecule has 2 aromatic heterocycles. The number of aromatic amines is 1. The first-order chi connectivity index (χ1) is 10.1.